The van der Waals surface area contributed by atoms with Crippen LogP contribution in [0.4, 0.5) is 0 Å². The van der Waals surface area contributed by atoms with E-state index in [2.05, 4.69) is 38.7 Å². The zero-order chi connectivity index (χ0) is 18.9. The minimum Gasteiger partial charge on any atom is -0.396 e. The number of nitrogens with one attached hydrogen (secondary N) is 1. The molecule has 2 N–H and O–H groups in total. The van der Waals surface area contributed by atoms with Gasteiger partial charge < -0.3 is 14.7 Å². The molecule has 28 heavy (non-hydrogen) atoms. The number of nitrogens with zero attached hydrogens (tertiary/aromatic N) is 4. The van der Waals surface area contributed by atoms with Gasteiger partial charge in [0.2, 0.25) is 0 Å². The van der Waals surface area contributed by atoms with Gasteiger partial charge in [-0.1, -0.05) is 24.3 Å². The van der Waals surface area contributed by atoms with Gasteiger partial charge in [0.1, 0.15) is 11.6 Å². The van der Waals surface area contributed by atoms with Crippen LogP contribution in [0, 0.1) is 5.92 Å². The molecule has 6 heteroatoms. The highest BCUT2D eigenvalue weighted by atomic mass is 16.3. The molecule has 0 aliphatic carbocycles. The number of hydrogen-bond donors (Lipinski definition) is 2. The van der Waals surface area contributed by atoms with Gasteiger partial charge in [0, 0.05) is 13.2 Å². The van der Waals surface area contributed by atoms with Gasteiger partial charge in [-0.05, 0) is 49.6 Å². The molecule has 3 heterocycles. The summed E-state index contributed by atoms with van der Waals surface area (Å²) in [5, 5.41) is 9.55. The Bertz CT molecular complexity index is 1070. The fourth-order valence-corrected chi connectivity index (χ4v) is 4.30. The van der Waals surface area contributed by atoms with Crippen molar-refractivity contribution < 1.29 is 5.11 Å². The number of aromatic amines is 1. The standard InChI is InChI=1S/C22H25N5O/c28-15-16-6-5-11-26(12-16)14-22-25-19-9-3-4-10-20(19)27(22)13-21-23-17-7-1-2-8-18(17)24-21/h1-4,7-10,16,28H,5-6,11-15H2,(H,23,24). The maximum Gasteiger partial charge on any atom is 0.127 e. The Labute approximate surface area is 163 Å². The number of imidazole rings is 2. The van der Waals surface area contributed by atoms with Gasteiger partial charge in [0.05, 0.1) is 35.2 Å². The topological polar surface area (TPSA) is 70.0 Å². The number of para-hydroxylation sites is 4. The summed E-state index contributed by atoms with van der Waals surface area (Å²) in [6.45, 7) is 3.73. The van der Waals surface area contributed by atoms with Crippen molar-refractivity contribution in [2.75, 3.05) is 19.7 Å². The van der Waals surface area contributed by atoms with Crippen LogP contribution >= 0.6 is 0 Å². The molecule has 1 atom stereocenters. The maximum absolute atomic E-state index is 9.55. The molecule has 2 aromatic carbocycles. The number of likely N-dealkylation sites (tertiary alicyclic amines) is 1. The van der Waals surface area contributed by atoms with Crippen molar-refractivity contribution >= 4 is 22.1 Å². The molecule has 4 aromatic rings. The highest BCUT2D eigenvalue weighted by Crippen LogP contribution is 2.22. The predicted molar refractivity (Wildman–Crippen MR) is 110 cm³/mol. The van der Waals surface area contributed by atoms with E-state index in [1.165, 1.54) is 0 Å². The summed E-state index contributed by atoms with van der Waals surface area (Å²) in [4.78, 5) is 15.5. The first-order valence-corrected chi connectivity index (χ1v) is 10.0. The summed E-state index contributed by atoms with van der Waals surface area (Å²) < 4.78 is 2.27. The van der Waals surface area contributed by atoms with E-state index < -0.39 is 0 Å². The van der Waals surface area contributed by atoms with Crippen molar-refractivity contribution in [1.29, 1.82) is 0 Å². The fraction of sp³-hybridized carbons (Fsp3) is 0.364. The van der Waals surface area contributed by atoms with Gasteiger partial charge in [-0.25, -0.2) is 9.97 Å². The van der Waals surface area contributed by atoms with Crippen LogP contribution in [0.15, 0.2) is 48.5 Å². The van der Waals surface area contributed by atoms with E-state index in [-0.39, 0.29) is 6.61 Å². The average Bonchev–Trinajstić information content (AvgIpc) is 3.29. The van der Waals surface area contributed by atoms with Gasteiger partial charge in [-0.2, -0.15) is 0 Å². The number of rotatable bonds is 5. The van der Waals surface area contributed by atoms with Crippen molar-refractivity contribution in [3.05, 3.63) is 60.2 Å². The van der Waals surface area contributed by atoms with Gasteiger partial charge in [-0.15, -0.1) is 0 Å². The van der Waals surface area contributed by atoms with Crippen molar-refractivity contribution in [3.63, 3.8) is 0 Å². The number of hydrogen-bond acceptors (Lipinski definition) is 4. The van der Waals surface area contributed by atoms with Crippen molar-refractivity contribution in [2.24, 2.45) is 5.92 Å². The molecule has 0 spiro atoms. The first kappa shape index (κ1) is 17.4. The van der Waals surface area contributed by atoms with Crippen LogP contribution in [-0.4, -0.2) is 49.2 Å². The number of aromatic nitrogens is 4. The molecule has 0 amide bonds. The smallest absolute Gasteiger partial charge is 0.127 e. The number of benzene rings is 2. The Kier molecular flexibility index (Phi) is 4.58. The Hall–Kier alpha value is -2.70. The lowest BCUT2D eigenvalue weighted by molar-refractivity contribution is 0.113. The SMILES string of the molecule is OCC1CCCN(Cc2nc3ccccc3n2Cc2nc3ccccc3[nH]2)C1. The summed E-state index contributed by atoms with van der Waals surface area (Å²) in [6, 6.07) is 16.4. The lowest BCUT2D eigenvalue weighted by atomic mass is 9.99. The van der Waals surface area contributed by atoms with Crippen LogP contribution in [-0.2, 0) is 13.1 Å². The van der Waals surface area contributed by atoms with Gasteiger partial charge >= 0.3 is 0 Å². The minimum atomic E-state index is 0.270. The minimum absolute atomic E-state index is 0.270. The highest BCUT2D eigenvalue weighted by molar-refractivity contribution is 5.77. The van der Waals surface area contributed by atoms with Gasteiger partial charge in [0.15, 0.2) is 0 Å². The number of H-pyrrole nitrogens is 1. The zero-order valence-electron chi connectivity index (χ0n) is 15.9. The second-order valence-electron chi connectivity index (χ2n) is 7.73. The van der Waals surface area contributed by atoms with Crippen LogP contribution in [0.3, 0.4) is 0 Å². The van der Waals surface area contributed by atoms with E-state index in [4.69, 9.17) is 9.97 Å². The van der Waals surface area contributed by atoms with E-state index >= 15 is 0 Å². The molecule has 0 saturated carbocycles. The molecule has 0 radical (unpaired) electrons. The Balaban J connectivity index is 1.48. The second kappa shape index (κ2) is 7.37. The Morgan fingerprint density at radius 3 is 2.68 bits per heavy atom. The number of aliphatic hydroxyl groups is 1. The quantitative estimate of drug-likeness (QED) is 0.562. The molecule has 1 saturated heterocycles. The Morgan fingerprint density at radius 1 is 1.00 bits per heavy atom. The largest absolute Gasteiger partial charge is 0.396 e. The molecule has 1 fully saturated rings. The monoisotopic (exact) mass is 375 g/mol. The molecule has 144 valence electrons. The number of aliphatic hydroxyl groups excluding tert-OH is 1. The van der Waals surface area contributed by atoms with Crippen molar-refractivity contribution in [2.45, 2.75) is 25.9 Å². The van der Waals surface area contributed by atoms with E-state index in [1.807, 2.05) is 24.3 Å². The Morgan fingerprint density at radius 2 is 1.82 bits per heavy atom. The third-order valence-corrected chi connectivity index (χ3v) is 5.71. The third-order valence-electron chi connectivity index (χ3n) is 5.71. The summed E-state index contributed by atoms with van der Waals surface area (Å²) in [5.41, 5.74) is 4.20. The normalized spacial score (nSPS) is 18.2. The van der Waals surface area contributed by atoms with Crippen LogP contribution in [0.1, 0.15) is 24.5 Å². The summed E-state index contributed by atoms with van der Waals surface area (Å²) in [5.74, 6) is 2.37. The molecule has 1 aliphatic heterocycles. The maximum atomic E-state index is 9.55. The lowest BCUT2D eigenvalue weighted by Crippen LogP contribution is -2.37. The predicted octanol–water partition coefficient (Wildman–Crippen LogP) is 3.17. The van der Waals surface area contributed by atoms with Crippen molar-refractivity contribution in [1.82, 2.24) is 24.4 Å². The number of piperidine rings is 1. The summed E-state index contributed by atoms with van der Waals surface area (Å²) >= 11 is 0. The fourth-order valence-electron chi connectivity index (χ4n) is 4.30. The van der Waals surface area contributed by atoms with Crippen LogP contribution in [0.25, 0.3) is 22.1 Å². The first-order chi connectivity index (χ1) is 13.8. The number of fused-ring (bicyclic) bond motifs is 2. The molecule has 1 unspecified atom stereocenters. The third kappa shape index (κ3) is 3.30. The van der Waals surface area contributed by atoms with Crippen LogP contribution < -0.4 is 0 Å². The molecule has 6 nitrogen and oxygen atoms in total. The molecule has 5 rings (SSSR count). The summed E-state index contributed by atoms with van der Waals surface area (Å²) in [6.07, 6.45) is 2.25. The van der Waals surface area contributed by atoms with Gasteiger partial charge in [0.25, 0.3) is 0 Å². The van der Waals surface area contributed by atoms with E-state index in [9.17, 15) is 5.11 Å². The summed E-state index contributed by atoms with van der Waals surface area (Å²) in [7, 11) is 0. The van der Waals surface area contributed by atoms with Crippen molar-refractivity contribution in [3.8, 4) is 0 Å². The lowest BCUT2D eigenvalue weighted by Gasteiger charge is -2.31. The van der Waals surface area contributed by atoms with Gasteiger partial charge in [-0.3, -0.25) is 4.90 Å². The highest BCUT2D eigenvalue weighted by Gasteiger charge is 2.22. The zero-order valence-corrected chi connectivity index (χ0v) is 15.9. The molecule has 2 aromatic heterocycles. The molecule has 1 aliphatic rings. The van der Waals surface area contributed by atoms with Crippen LogP contribution in [0.5, 0.6) is 0 Å². The second-order valence-corrected chi connectivity index (χ2v) is 7.73. The molecular weight excluding hydrogens is 350 g/mol. The molecular formula is C22H25N5O. The van der Waals surface area contributed by atoms with E-state index in [0.29, 0.717) is 12.5 Å². The first-order valence-electron chi connectivity index (χ1n) is 10.0. The van der Waals surface area contributed by atoms with E-state index in [1.54, 1.807) is 0 Å². The molecule has 0 bridgehead atoms. The average molecular weight is 375 g/mol. The van der Waals surface area contributed by atoms with Crippen LogP contribution in [0.2, 0.25) is 0 Å². The van der Waals surface area contributed by atoms with E-state index in [0.717, 1.165) is 66.2 Å².